The summed E-state index contributed by atoms with van der Waals surface area (Å²) in [6.07, 6.45) is 4.47. The van der Waals surface area contributed by atoms with Crippen molar-refractivity contribution in [3.05, 3.63) is 0 Å². The molecule has 0 heterocycles. The number of rotatable bonds is 3. The molecule has 0 atom stereocenters. The first kappa shape index (κ1) is 6.62. The van der Waals surface area contributed by atoms with Crippen LogP contribution in [-0.2, 0) is 0 Å². The van der Waals surface area contributed by atoms with E-state index in [0.29, 0.717) is 11.8 Å². The van der Waals surface area contributed by atoms with E-state index in [0.717, 1.165) is 25.7 Å². The van der Waals surface area contributed by atoms with Crippen LogP contribution in [0.1, 0.15) is 25.7 Å². The maximum Gasteiger partial charge on any atom is 0.0933 e. The van der Waals surface area contributed by atoms with E-state index in [4.69, 9.17) is 5.11 Å². The van der Waals surface area contributed by atoms with Gasteiger partial charge < -0.3 is 10.2 Å². The zero-order valence-corrected chi connectivity index (χ0v) is 6.08. The van der Waals surface area contributed by atoms with Crippen molar-refractivity contribution < 1.29 is 10.2 Å². The van der Waals surface area contributed by atoms with Gasteiger partial charge in [-0.25, -0.2) is 0 Å². The lowest BCUT2D eigenvalue weighted by molar-refractivity contribution is -0.0512. The first-order valence-electron chi connectivity index (χ1n) is 4.10. The molecular weight excluding hydrogens is 128 g/mol. The predicted molar refractivity (Wildman–Crippen MR) is 37.5 cm³/mol. The molecule has 2 saturated carbocycles. The van der Waals surface area contributed by atoms with Gasteiger partial charge in [0.05, 0.1) is 12.2 Å². The van der Waals surface area contributed by atoms with Crippen molar-refractivity contribution in [1.29, 1.82) is 0 Å². The topological polar surface area (TPSA) is 40.5 Å². The summed E-state index contributed by atoms with van der Waals surface area (Å²) in [6.45, 7) is -0.0255. The average molecular weight is 142 g/mol. The summed E-state index contributed by atoms with van der Waals surface area (Å²) >= 11 is 0. The highest BCUT2D eigenvalue weighted by atomic mass is 16.3. The molecule has 2 N–H and O–H groups in total. The highest BCUT2D eigenvalue weighted by molar-refractivity contribution is 5.03. The molecule has 0 unspecified atom stereocenters. The average Bonchev–Trinajstić information content (AvgIpc) is 2.73. The van der Waals surface area contributed by atoms with E-state index in [2.05, 4.69) is 0 Å². The van der Waals surface area contributed by atoms with Gasteiger partial charge in [-0.2, -0.15) is 0 Å². The van der Waals surface area contributed by atoms with Gasteiger partial charge >= 0.3 is 0 Å². The van der Waals surface area contributed by atoms with Crippen molar-refractivity contribution >= 4 is 0 Å². The van der Waals surface area contributed by atoms with E-state index in [1.807, 2.05) is 0 Å². The third-order valence-corrected chi connectivity index (χ3v) is 2.82. The molecule has 0 aliphatic heterocycles. The molecule has 2 aliphatic carbocycles. The lowest BCUT2D eigenvalue weighted by Gasteiger charge is -2.25. The fourth-order valence-corrected chi connectivity index (χ4v) is 1.76. The lowest BCUT2D eigenvalue weighted by atomic mass is 9.93. The Bertz CT molecular complexity index is 124. The summed E-state index contributed by atoms with van der Waals surface area (Å²) in [4.78, 5) is 0. The van der Waals surface area contributed by atoms with Crippen molar-refractivity contribution in [3.8, 4) is 0 Å². The minimum absolute atomic E-state index is 0.0255. The highest BCUT2D eigenvalue weighted by Crippen LogP contribution is 2.51. The van der Waals surface area contributed by atoms with Gasteiger partial charge in [0.15, 0.2) is 0 Å². The van der Waals surface area contributed by atoms with Crippen LogP contribution >= 0.6 is 0 Å². The summed E-state index contributed by atoms with van der Waals surface area (Å²) in [5.74, 6) is 0.843. The van der Waals surface area contributed by atoms with Crippen molar-refractivity contribution in [2.24, 2.45) is 11.8 Å². The molecule has 2 aliphatic rings. The van der Waals surface area contributed by atoms with Crippen molar-refractivity contribution in [1.82, 2.24) is 0 Å². The van der Waals surface area contributed by atoms with Crippen LogP contribution in [0.15, 0.2) is 0 Å². The van der Waals surface area contributed by atoms with Gasteiger partial charge in [0, 0.05) is 0 Å². The molecule has 0 amide bonds. The first-order chi connectivity index (χ1) is 4.77. The fraction of sp³-hybridized carbons (Fsp3) is 1.00. The van der Waals surface area contributed by atoms with E-state index in [9.17, 15) is 5.11 Å². The SMILES string of the molecule is OCC(O)(C1CC1)C1CC1. The molecule has 58 valence electrons. The van der Waals surface area contributed by atoms with Crippen molar-refractivity contribution in [2.75, 3.05) is 6.61 Å². The minimum atomic E-state index is -0.681. The molecule has 0 spiro atoms. The number of aliphatic hydroxyl groups excluding tert-OH is 1. The third-order valence-electron chi connectivity index (χ3n) is 2.82. The van der Waals surface area contributed by atoms with Gasteiger partial charge in [0.25, 0.3) is 0 Å². The van der Waals surface area contributed by atoms with Gasteiger partial charge in [0.2, 0.25) is 0 Å². The Morgan fingerprint density at radius 1 is 1.10 bits per heavy atom. The molecule has 0 saturated heterocycles. The fourth-order valence-electron chi connectivity index (χ4n) is 1.76. The predicted octanol–water partition coefficient (Wildman–Crippen LogP) is 0.530. The monoisotopic (exact) mass is 142 g/mol. The summed E-state index contributed by atoms with van der Waals surface area (Å²) in [7, 11) is 0. The third kappa shape index (κ3) is 0.867. The van der Waals surface area contributed by atoms with Crippen LogP contribution in [0.25, 0.3) is 0 Å². The Labute approximate surface area is 60.9 Å². The molecule has 0 aromatic carbocycles. The van der Waals surface area contributed by atoms with Gasteiger partial charge in [-0.3, -0.25) is 0 Å². The molecule has 0 bridgehead atoms. The Hall–Kier alpha value is -0.0800. The van der Waals surface area contributed by atoms with Crippen LogP contribution in [0.2, 0.25) is 0 Å². The van der Waals surface area contributed by atoms with Gasteiger partial charge in [-0.1, -0.05) is 0 Å². The van der Waals surface area contributed by atoms with Crippen LogP contribution in [0.5, 0.6) is 0 Å². The quantitative estimate of drug-likeness (QED) is 0.603. The summed E-state index contributed by atoms with van der Waals surface area (Å²) in [6, 6.07) is 0. The molecule has 2 fully saturated rings. The molecule has 10 heavy (non-hydrogen) atoms. The number of hydrogen-bond acceptors (Lipinski definition) is 2. The van der Waals surface area contributed by atoms with E-state index in [1.54, 1.807) is 0 Å². The maximum absolute atomic E-state index is 9.85. The zero-order chi connectivity index (χ0) is 7.19. The largest absolute Gasteiger partial charge is 0.393 e. The molecule has 0 aromatic heterocycles. The second kappa shape index (κ2) is 1.95. The van der Waals surface area contributed by atoms with Gasteiger partial charge in [-0.05, 0) is 37.5 Å². The Balaban J connectivity index is 2.03. The van der Waals surface area contributed by atoms with E-state index in [-0.39, 0.29) is 6.61 Å². The molecule has 0 aromatic rings. The van der Waals surface area contributed by atoms with Gasteiger partial charge in [-0.15, -0.1) is 0 Å². The van der Waals surface area contributed by atoms with Crippen LogP contribution in [0, 0.1) is 11.8 Å². The Kier molecular flexibility index (Phi) is 1.29. The van der Waals surface area contributed by atoms with Crippen LogP contribution in [0.3, 0.4) is 0 Å². The summed E-state index contributed by atoms with van der Waals surface area (Å²) < 4.78 is 0. The van der Waals surface area contributed by atoms with Gasteiger partial charge in [0.1, 0.15) is 0 Å². The van der Waals surface area contributed by atoms with Crippen molar-refractivity contribution in [2.45, 2.75) is 31.3 Å². The number of hydrogen-bond donors (Lipinski definition) is 2. The summed E-state index contributed by atoms with van der Waals surface area (Å²) in [5.41, 5.74) is -0.681. The van der Waals surface area contributed by atoms with Crippen molar-refractivity contribution in [3.63, 3.8) is 0 Å². The highest BCUT2D eigenvalue weighted by Gasteiger charge is 2.52. The van der Waals surface area contributed by atoms with E-state index in [1.165, 1.54) is 0 Å². The molecule has 2 nitrogen and oxygen atoms in total. The van der Waals surface area contributed by atoms with Crippen LogP contribution < -0.4 is 0 Å². The Morgan fingerprint density at radius 3 is 1.70 bits per heavy atom. The second-order valence-electron chi connectivity index (χ2n) is 3.70. The maximum atomic E-state index is 9.85. The zero-order valence-electron chi connectivity index (χ0n) is 6.08. The van der Waals surface area contributed by atoms with Crippen LogP contribution in [0.4, 0.5) is 0 Å². The standard InChI is InChI=1S/C8H14O2/c9-5-8(10,6-1-2-6)7-3-4-7/h6-7,9-10H,1-5H2. The normalized spacial score (nSPS) is 27.0. The summed E-state index contributed by atoms with van der Waals surface area (Å²) in [5, 5.41) is 18.8. The van der Waals surface area contributed by atoms with E-state index < -0.39 is 5.60 Å². The van der Waals surface area contributed by atoms with Crippen LogP contribution in [-0.4, -0.2) is 22.4 Å². The molecule has 0 radical (unpaired) electrons. The molecular formula is C8H14O2. The first-order valence-corrected chi connectivity index (χ1v) is 4.10. The minimum Gasteiger partial charge on any atom is -0.393 e. The van der Waals surface area contributed by atoms with E-state index >= 15 is 0 Å². The Morgan fingerprint density at radius 2 is 1.50 bits per heavy atom. The molecule has 2 heteroatoms. The second-order valence-corrected chi connectivity index (χ2v) is 3.70. The number of aliphatic hydroxyl groups is 2. The smallest absolute Gasteiger partial charge is 0.0933 e. The molecule has 2 rings (SSSR count). The lowest BCUT2D eigenvalue weighted by Crippen LogP contribution is -2.38.